The summed E-state index contributed by atoms with van der Waals surface area (Å²) in [7, 11) is 1.80. The van der Waals surface area contributed by atoms with Crippen LogP contribution in [0.15, 0.2) is 23.3 Å². The fourth-order valence-corrected chi connectivity index (χ4v) is 3.18. The van der Waals surface area contributed by atoms with Gasteiger partial charge in [-0.25, -0.2) is 0 Å². The lowest BCUT2D eigenvalue weighted by molar-refractivity contribution is 0.149. The zero-order valence-electron chi connectivity index (χ0n) is 10.0. The molecule has 0 heterocycles. The van der Waals surface area contributed by atoms with Gasteiger partial charge in [0.1, 0.15) is 0 Å². The van der Waals surface area contributed by atoms with Gasteiger partial charge in [0.25, 0.3) is 0 Å². The molecule has 0 spiro atoms. The average Bonchev–Trinajstić information content (AvgIpc) is 2.48. The molecule has 0 aromatic rings. The van der Waals surface area contributed by atoms with Crippen molar-refractivity contribution >= 4 is 0 Å². The highest BCUT2D eigenvalue weighted by molar-refractivity contribution is 5.30. The smallest absolute Gasteiger partial charge is 0.0493 e. The second kappa shape index (κ2) is 4.52. The Hall–Kier alpha value is -0.560. The van der Waals surface area contributed by atoms with Crippen molar-refractivity contribution in [2.75, 3.05) is 13.7 Å². The van der Waals surface area contributed by atoms with Crippen molar-refractivity contribution in [1.82, 2.24) is 0 Å². The maximum Gasteiger partial charge on any atom is 0.0493 e. The predicted octanol–water partition coefficient (Wildman–Crippen LogP) is 3.72. The zero-order chi connectivity index (χ0) is 10.8. The van der Waals surface area contributed by atoms with Crippen LogP contribution in [-0.2, 0) is 4.74 Å². The lowest BCUT2D eigenvalue weighted by Gasteiger charge is -2.15. The van der Waals surface area contributed by atoms with Gasteiger partial charge in [0.05, 0.1) is 0 Å². The highest BCUT2D eigenvalue weighted by Crippen LogP contribution is 2.44. The minimum absolute atomic E-state index is 0.702. The maximum atomic E-state index is 5.28. The highest BCUT2D eigenvalue weighted by atomic mass is 16.5. The van der Waals surface area contributed by atoms with Crippen molar-refractivity contribution in [2.24, 2.45) is 11.8 Å². The minimum atomic E-state index is 0.702. The summed E-state index contributed by atoms with van der Waals surface area (Å²) in [6, 6.07) is 0. The fourth-order valence-electron chi connectivity index (χ4n) is 3.18. The van der Waals surface area contributed by atoms with Crippen LogP contribution in [0.25, 0.3) is 0 Å². The van der Waals surface area contributed by atoms with E-state index in [0.29, 0.717) is 11.8 Å². The lowest BCUT2D eigenvalue weighted by atomic mass is 9.91. The van der Waals surface area contributed by atoms with Gasteiger partial charge in [-0.2, -0.15) is 0 Å². The number of rotatable bonds is 2. The molecule has 15 heavy (non-hydrogen) atoms. The van der Waals surface area contributed by atoms with Gasteiger partial charge < -0.3 is 4.74 Å². The first-order valence-electron chi connectivity index (χ1n) is 6.07. The van der Waals surface area contributed by atoms with Crippen LogP contribution in [0.4, 0.5) is 0 Å². The largest absolute Gasteiger partial charge is 0.384 e. The molecule has 1 nitrogen and oxygen atoms in total. The monoisotopic (exact) mass is 206 g/mol. The van der Waals surface area contributed by atoms with E-state index in [1.807, 2.05) is 0 Å². The van der Waals surface area contributed by atoms with E-state index in [-0.39, 0.29) is 0 Å². The molecule has 1 fully saturated rings. The quantitative estimate of drug-likeness (QED) is 0.626. The molecule has 0 radical (unpaired) electrons. The molecule has 2 aliphatic carbocycles. The van der Waals surface area contributed by atoms with Gasteiger partial charge in [-0.3, -0.25) is 0 Å². The second-order valence-corrected chi connectivity index (χ2v) is 5.12. The van der Waals surface area contributed by atoms with Crippen LogP contribution >= 0.6 is 0 Å². The van der Waals surface area contributed by atoms with Crippen LogP contribution in [0.5, 0.6) is 0 Å². The molecule has 0 N–H and O–H groups in total. The molecule has 0 aromatic carbocycles. The van der Waals surface area contributed by atoms with Crippen molar-refractivity contribution in [3.8, 4) is 0 Å². The summed E-state index contributed by atoms with van der Waals surface area (Å²) < 4.78 is 5.28. The van der Waals surface area contributed by atoms with Crippen LogP contribution in [-0.4, -0.2) is 13.7 Å². The van der Waals surface area contributed by atoms with E-state index in [1.54, 1.807) is 18.3 Å². The standard InChI is InChI=1S/C14H22O/c1-10-4-6-14-11(2)8-12(9-15-3)5-7-13(10)14/h12,14H,2,4-9H2,1,3H3. The molecule has 0 amide bonds. The second-order valence-electron chi connectivity index (χ2n) is 5.12. The molecule has 0 bridgehead atoms. The fraction of sp³-hybridized carbons (Fsp3) is 0.714. The lowest BCUT2D eigenvalue weighted by Crippen LogP contribution is -2.08. The maximum absolute atomic E-state index is 5.28. The molecular weight excluding hydrogens is 184 g/mol. The van der Waals surface area contributed by atoms with Crippen molar-refractivity contribution in [3.05, 3.63) is 23.3 Å². The predicted molar refractivity (Wildman–Crippen MR) is 63.8 cm³/mol. The molecule has 2 aliphatic rings. The third kappa shape index (κ3) is 2.17. The van der Waals surface area contributed by atoms with E-state index in [4.69, 9.17) is 4.74 Å². The van der Waals surface area contributed by atoms with Gasteiger partial charge in [0.15, 0.2) is 0 Å². The van der Waals surface area contributed by atoms with Gasteiger partial charge >= 0.3 is 0 Å². The first-order valence-corrected chi connectivity index (χ1v) is 6.07. The highest BCUT2D eigenvalue weighted by Gasteiger charge is 2.29. The molecule has 0 saturated heterocycles. The molecule has 2 atom stereocenters. The number of methoxy groups -OCH3 is 1. The Morgan fingerprint density at radius 3 is 2.87 bits per heavy atom. The first-order chi connectivity index (χ1) is 7.22. The summed E-state index contributed by atoms with van der Waals surface area (Å²) in [5.74, 6) is 1.42. The zero-order valence-corrected chi connectivity index (χ0v) is 10.0. The van der Waals surface area contributed by atoms with Crippen molar-refractivity contribution in [1.29, 1.82) is 0 Å². The average molecular weight is 206 g/mol. The van der Waals surface area contributed by atoms with Crippen molar-refractivity contribution in [3.63, 3.8) is 0 Å². The molecule has 0 aromatic heterocycles. The van der Waals surface area contributed by atoms with Crippen LogP contribution in [0.3, 0.4) is 0 Å². The Labute approximate surface area is 93.2 Å². The third-order valence-electron chi connectivity index (χ3n) is 4.04. The van der Waals surface area contributed by atoms with Gasteiger partial charge in [0.2, 0.25) is 0 Å². The first kappa shape index (κ1) is 10.9. The minimum Gasteiger partial charge on any atom is -0.384 e. The van der Waals surface area contributed by atoms with E-state index in [9.17, 15) is 0 Å². The third-order valence-corrected chi connectivity index (χ3v) is 4.04. The summed E-state index contributed by atoms with van der Waals surface area (Å²) in [6.07, 6.45) is 6.36. The van der Waals surface area contributed by atoms with Crippen LogP contribution < -0.4 is 0 Å². The molecule has 84 valence electrons. The Bertz CT molecular complexity index is 288. The molecule has 2 rings (SSSR count). The number of allylic oxidation sites excluding steroid dienone is 3. The van der Waals surface area contributed by atoms with E-state index in [2.05, 4.69) is 13.5 Å². The van der Waals surface area contributed by atoms with Gasteiger partial charge in [-0.1, -0.05) is 23.3 Å². The summed E-state index contributed by atoms with van der Waals surface area (Å²) in [5, 5.41) is 0. The Kier molecular flexibility index (Phi) is 3.30. The van der Waals surface area contributed by atoms with Crippen LogP contribution in [0.1, 0.15) is 39.0 Å². The molecule has 0 aliphatic heterocycles. The Balaban J connectivity index is 2.11. The van der Waals surface area contributed by atoms with Gasteiger partial charge in [-0.05, 0) is 44.9 Å². The van der Waals surface area contributed by atoms with E-state index < -0.39 is 0 Å². The number of hydrogen-bond donors (Lipinski definition) is 0. The van der Waals surface area contributed by atoms with Gasteiger partial charge in [-0.15, -0.1) is 0 Å². The van der Waals surface area contributed by atoms with Crippen LogP contribution in [0.2, 0.25) is 0 Å². The number of hydrogen-bond acceptors (Lipinski definition) is 1. The Morgan fingerprint density at radius 1 is 1.33 bits per heavy atom. The molecule has 1 saturated carbocycles. The topological polar surface area (TPSA) is 9.23 Å². The van der Waals surface area contributed by atoms with Gasteiger partial charge in [0, 0.05) is 19.6 Å². The van der Waals surface area contributed by atoms with Crippen LogP contribution in [0, 0.1) is 11.8 Å². The number of ether oxygens (including phenoxy) is 1. The van der Waals surface area contributed by atoms with E-state index in [0.717, 1.165) is 6.61 Å². The summed E-state index contributed by atoms with van der Waals surface area (Å²) in [6.45, 7) is 7.50. The summed E-state index contributed by atoms with van der Waals surface area (Å²) in [4.78, 5) is 0. The van der Waals surface area contributed by atoms with Crippen molar-refractivity contribution < 1.29 is 4.74 Å². The summed E-state index contributed by atoms with van der Waals surface area (Å²) in [5.41, 5.74) is 4.80. The SMILES string of the molecule is C=C1CC(COC)CCC2=C(C)CCC12. The van der Waals surface area contributed by atoms with Crippen molar-refractivity contribution in [2.45, 2.75) is 39.0 Å². The number of fused-ring (bicyclic) bond motifs is 1. The van der Waals surface area contributed by atoms with E-state index in [1.165, 1.54) is 37.7 Å². The normalized spacial score (nSPS) is 31.7. The molecular formula is C14H22O. The van der Waals surface area contributed by atoms with E-state index >= 15 is 0 Å². The Morgan fingerprint density at radius 2 is 2.13 bits per heavy atom. The summed E-state index contributed by atoms with van der Waals surface area (Å²) >= 11 is 0. The molecule has 2 unspecified atom stereocenters. The molecule has 1 heteroatoms.